The highest BCUT2D eigenvalue weighted by Crippen LogP contribution is 2.22. The maximum Gasteiger partial charge on any atom is 0.407 e. The van der Waals surface area contributed by atoms with E-state index in [2.05, 4.69) is 10.1 Å². The van der Waals surface area contributed by atoms with Crippen LogP contribution in [-0.4, -0.2) is 25.5 Å². The highest BCUT2D eigenvalue weighted by atomic mass is 16.5. The van der Waals surface area contributed by atoms with Crippen LogP contribution in [0.25, 0.3) is 0 Å². The summed E-state index contributed by atoms with van der Waals surface area (Å²) in [6.07, 6.45) is 4.12. The Labute approximate surface area is 77.6 Å². The molecule has 4 heteroatoms. The summed E-state index contributed by atoms with van der Waals surface area (Å²) in [5.41, 5.74) is 0. The van der Waals surface area contributed by atoms with Crippen LogP contribution in [0.2, 0.25) is 0 Å². The van der Waals surface area contributed by atoms with E-state index in [0.717, 1.165) is 32.0 Å². The van der Waals surface area contributed by atoms with E-state index in [-0.39, 0.29) is 18.1 Å². The Kier molecular flexibility index (Phi) is 3.73. The average molecular weight is 185 g/mol. The first-order valence-electron chi connectivity index (χ1n) is 4.56. The summed E-state index contributed by atoms with van der Waals surface area (Å²) in [5, 5.41) is 2.74. The van der Waals surface area contributed by atoms with Gasteiger partial charge < -0.3 is 14.8 Å². The monoisotopic (exact) mass is 185 g/mol. The van der Waals surface area contributed by atoms with Crippen molar-refractivity contribution in [1.29, 1.82) is 0 Å². The molecule has 4 nitrogen and oxygen atoms in total. The molecule has 0 radical (unpaired) electrons. The summed E-state index contributed by atoms with van der Waals surface area (Å²) in [6.45, 7) is 0. The van der Waals surface area contributed by atoms with E-state index in [1.807, 2.05) is 0 Å². The molecule has 1 rings (SSSR count). The molecule has 0 saturated heterocycles. The van der Waals surface area contributed by atoms with Gasteiger partial charge in [0.2, 0.25) is 0 Å². The average Bonchev–Trinajstić information content (AvgIpc) is 2.19. The largest absolute Gasteiger partial charge is 0.453 e. The van der Waals surface area contributed by atoms with Gasteiger partial charge in [0.1, 0.15) is 6.29 Å². The molecule has 1 amide bonds. The highest BCUT2D eigenvalue weighted by Gasteiger charge is 2.21. The fourth-order valence-corrected chi connectivity index (χ4v) is 1.63. The number of aldehydes is 1. The first-order valence-corrected chi connectivity index (χ1v) is 4.56. The molecule has 0 aliphatic heterocycles. The Balaban J connectivity index is 2.24. The van der Waals surface area contributed by atoms with Crippen LogP contribution in [0.3, 0.4) is 0 Å². The third kappa shape index (κ3) is 3.05. The van der Waals surface area contributed by atoms with E-state index >= 15 is 0 Å². The molecule has 74 valence electrons. The molecule has 1 N–H and O–H groups in total. The minimum Gasteiger partial charge on any atom is -0.453 e. The van der Waals surface area contributed by atoms with Gasteiger partial charge in [-0.05, 0) is 25.7 Å². The van der Waals surface area contributed by atoms with Crippen molar-refractivity contribution in [2.24, 2.45) is 5.92 Å². The van der Waals surface area contributed by atoms with Crippen molar-refractivity contribution in [3.8, 4) is 0 Å². The Morgan fingerprint density at radius 1 is 1.38 bits per heavy atom. The van der Waals surface area contributed by atoms with Crippen molar-refractivity contribution in [2.45, 2.75) is 31.7 Å². The summed E-state index contributed by atoms with van der Waals surface area (Å²) in [5.74, 6) is 0.190. The number of carbonyl (C=O) groups is 2. The number of hydrogen-bond donors (Lipinski definition) is 1. The molecule has 0 aromatic heterocycles. The second-order valence-corrected chi connectivity index (χ2v) is 3.38. The lowest BCUT2D eigenvalue weighted by atomic mass is 9.87. The van der Waals surface area contributed by atoms with Gasteiger partial charge in [-0.2, -0.15) is 0 Å². The smallest absolute Gasteiger partial charge is 0.407 e. The Morgan fingerprint density at radius 2 is 2.00 bits per heavy atom. The molecular weight excluding hydrogens is 170 g/mol. The number of alkyl carbamates (subject to hydrolysis) is 1. The van der Waals surface area contributed by atoms with Gasteiger partial charge in [0.25, 0.3) is 0 Å². The highest BCUT2D eigenvalue weighted by molar-refractivity contribution is 5.67. The fourth-order valence-electron chi connectivity index (χ4n) is 1.63. The first kappa shape index (κ1) is 10.0. The Hall–Kier alpha value is -1.06. The fraction of sp³-hybridized carbons (Fsp3) is 0.778. The predicted molar refractivity (Wildman–Crippen MR) is 47.4 cm³/mol. The summed E-state index contributed by atoms with van der Waals surface area (Å²) in [6, 6.07) is 0.184. The van der Waals surface area contributed by atoms with Crippen molar-refractivity contribution in [3.63, 3.8) is 0 Å². The topological polar surface area (TPSA) is 55.4 Å². The van der Waals surface area contributed by atoms with Crippen LogP contribution in [0.15, 0.2) is 0 Å². The third-order valence-electron chi connectivity index (χ3n) is 2.47. The van der Waals surface area contributed by atoms with Gasteiger partial charge in [-0.1, -0.05) is 0 Å². The number of rotatable bonds is 2. The molecule has 0 aromatic carbocycles. The van der Waals surface area contributed by atoms with Gasteiger partial charge >= 0.3 is 6.09 Å². The molecule has 0 bridgehead atoms. The van der Waals surface area contributed by atoms with E-state index < -0.39 is 0 Å². The van der Waals surface area contributed by atoms with Crippen LogP contribution in [0.5, 0.6) is 0 Å². The van der Waals surface area contributed by atoms with Crippen LogP contribution in [0.1, 0.15) is 25.7 Å². The van der Waals surface area contributed by atoms with Crippen LogP contribution in [0, 0.1) is 5.92 Å². The van der Waals surface area contributed by atoms with E-state index in [4.69, 9.17) is 0 Å². The summed E-state index contributed by atoms with van der Waals surface area (Å²) < 4.78 is 4.49. The Morgan fingerprint density at radius 3 is 2.46 bits per heavy atom. The van der Waals surface area contributed by atoms with Gasteiger partial charge in [-0.3, -0.25) is 0 Å². The lowest BCUT2D eigenvalue weighted by molar-refractivity contribution is -0.111. The van der Waals surface area contributed by atoms with Crippen LogP contribution in [0.4, 0.5) is 4.79 Å². The lowest BCUT2D eigenvalue weighted by Crippen LogP contribution is -2.37. The molecule has 0 heterocycles. The third-order valence-corrected chi connectivity index (χ3v) is 2.47. The number of nitrogens with one attached hydrogen (secondary N) is 1. The maximum absolute atomic E-state index is 10.8. The molecule has 1 saturated carbocycles. The van der Waals surface area contributed by atoms with Gasteiger partial charge in [0.05, 0.1) is 7.11 Å². The minimum absolute atomic E-state index is 0.184. The number of ether oxygens (including phenoxy) is 1. The van der Waals surface area contributed by atoms with Crippen LogP contribution >= 0.6 is 0 Å². The van der Waals surface area contributed by atoms with Crippen LogP contribution in [-0.2, 0) is 9.53 Å². The SMILES string of the molecule is COC(=O)N[C@H]1CC[C@@H](C=O)CC1. The molecule has 0 spiro atoms. The van der Waals surface area contributed by atoms with Crippen LogP contribution < -0.4 is 5.32 Å². The van der Waals surface area contributed by atoms with Crippen molar-refractivity contribution in [3.05, 3.63) is 0 Å². The van der Waals surface area contributed by atoms with E-state index in [0.29, 0.717) is 0 Å². The zero-order valence-corrected chi connectivity index (χ0v) is 7.79. The number of methoxy groups -OCH3 is 1. The quantitative estimate of drug-likeness (QED) is 0.655. The normalized spacial score (nSPS) is 27.8. The van der Waals surface area contributed by atoms with Crippen molar-refractivity contribution >= 4 is 12.4 Å². The van der Waals surface area contributed by atoms with E-state index in [9.17, 15) is 9.59 Å². The van der Waals surface area contributed by atoms with Crippen molar-refractivity contribution in [2.75, 3.05) is 7.11 Å². The van der Waals surface area contributed by atoms with E-state index in [1.165, 1.54) is 7.11 Å². The van der Waals surface area contributed by atoms with Gasteiger partial charge in [-0.15, -0.1) is 0 Å². The molecule has 13 heavy (non-hydrogen) atoms. The van der Waals surface area contributed by atoms with Gasteiger partial charge in [0, 0.05) is 12.0 Å². The zero-order chi connectivity index (χ0) is 9.68. The molecule has 1 fully saturated rings. The van der Waals surface area contributed by atoms with Crippen molar-refractivity contribution in [1.82, 2.24) is 5.32 Å². The molecule has 1 aliphatic rings. The maximum atomic E-state index is 10.8. The summed E-state index contributed by atoms with van der Waals surface area (Å²) in [7, 11) is 1.35. The first-order chi connectivity index (χ1) is 6.26. The molecular formula is C9H15NO3. The molecule has 0 atom stereocenters. The molecule has 0 aromatic rings. The number of carbonyl (C=O) groups excluding carboxylic acids is 2. The van der Waals surface area contributed by atoms with Gasteiger partial charge in [-0.25, -0.2) is 4.79 Å². The van der Waals surface area contributed by atoms with Gasteiger partial charge in [0.15, 0.2) is 0 Å². The predicted octanol–water partition coefficient (Wildman–Crippen LogP) is 1.10. The summed E-state index contributed by atoms with van der Waals surface area (Å²) >= 11 is 0. The molecule has 1 aliphatic carbocycles. The zero-order valence-electron chi connectivity index (χ0n) is 7.79. The lowest BCUT2D eigenvalue weighted by Gasteiger charge is -2.25. The number of amides is 1. The standard InChI is InChI=1S/C9H15NO3/c1-13-9(12)10-8-4-2-7(6-11)3-5-8/h6-8H,2-5H2,1H3,(H,10,12)/t7-,8+. The van der Waals surface area contributed by atoms with E-state index in [1.54, 1.807) is 0 Å². The second-order valence-electron chi connectivity index (χ2n) is 3.38. The second kappa shape index (κ2) is 4.84. The van der Waals surface area contributed by atoms with Crippen molar-refractivity contribution < 1.29 is 14.3 Å². The Bertz CT molecular complexity index is 185. The minimum atomic E-state index is -0.380. The number of hydrogen-bond acceptors (Lipinski definition) is 3. The molecule has 0 unspecified atom stereocenters. The summed E-state index contributed by atoms with van der Waals surface area (Å²) in [4.78, 5) is 21.3.